The standard InChI is InChI=1S/C28H38N2O2/c1-17-7-5-6-8-24(17)16-30-18(2)25(26(19(30)3)27(31)32)15-29-20(4)28-12-21-9-22(13-28)11-23(10-21)14-28/h5-8,20-23,29H,9-16H2,1-4H3,(H,31,32). The highest BCUT2D eigenvalue weighted by atomic mass is 16.4. The van der Waals surface area contributed by atoms with E-state index in [2.05, 4.69) is 54.9 Å². The molecule has 0 saturated heterocycles. The van der Waals surface area contributed by atoms with E-state index in [-0.39, 0.29) is 0 Å². The summed E-state index contributed by atoms with van der Waals surface area (Å²) in [6.45, 7) is 9.88. The molecule has 4 fully saturated rings. The topological polar surface area (TPSA) is 54.3 Å². The van der Waals surface area contributed by atoms with E-state index in [0.717, 1.165) is 41.2 Å². The third-order valence-electron chi connectivity index (χ3n) is 9.30. The highest BCUT2D eigenvalue weighted by Crippen LogP contribution is 2.61. The van der Waals surface area contributed by atoms with Gasteiger partial charge in [0.2, 0.25) is 0 Å². The molecule has 4 saturated carbocycles. The van der Waals surface area contributed by atoms with Gasteiger partial charge in [-0.2, -0.15) is 0 Å². The molecule has 1 heterocycles. The maximum Gasteiger partial charge on any atom is 0.337 e. The third-order valence-corrected chi connectivity index (χ3v) is 9.30. The Hall–Kier alpha value is -2.07. The number of hydrogen-bond donors (Lipinski definition) is 2. The van der Waals surface area contributed by atoms with Crippen molar-refractivity contribution in [3.63, 3.8) is 0 Å². The average molecular weight is 435 g/mol. The largest absolute Gasteiger partial charge is 0.478 e. The van der Waals surface area contributed by atoms with E-state index in [0.29, 0.717) is 23.6 Å². The van der Waals surface area contributed by atoms with Crippen molar-refractivity contribution in [2.45, 2.75) is 85.4 Å². The predicted octanol–water partition coefficient (Wildman–Crippen LogP) is 5.85. The lowest BCUT2D eigenvalue weighted by Crippen LogP contribution is -2.54. The Bertz CT molecular complexity index is 999. The molecule has 4 bridgehead atoms. The first-order chi connectivity index (χ1) is 15.3. The van der Waals surface area contributed by atoms with Gasteiger partial charge in [-0.1, -0.05) is 24.3 Å². The minimum absolute atomic E-state index is 0.421. The Balaban J connectivity index is 1.39. The second-order valence-corrected chi connectivity index (χ2v) is 11.2. The van der Waals surface area contributed by atoms with Crippen LogP contribution in [-0.4, -0.2) is 21.7 Å². The molecule has 172 valence electrons. The monoisotopic (exact) mass is 434 g/mol. The van der Waals surface area contributed by atoms with Crippen molar-refractivity contribution in [1.82, 2.24) is 9.88 Å². The van der Waals surface area contributed by atoms with Crippen LogP contribution >= 0.6 is 0 Å². The van der Waals surface area contributed by atoms with Crippen LogP contribution in [0.5, 0.6) is 0 Å². The first kappa shape index (κ1) is 21.8. The Morgan fingerprint density at radius 1 is 1.06 bits per heavy atom. The summed E-state index contributed by atoms with van der Waals surface area (Å²) < 4.78 is 2.19. The van der Waals surface area contributed by atoms with Crippen LogP contribution in [0.4, 0.5) is 0 Å². The molecule has 0 amide bonds. The van der Waals surface area contributed by atoms with E-state index in [9.17, 15) is 9.90 Å². The Morgan fingerprint density at radius 2 is 1.66 bits per heavy atom. The number of aromatic nitrogens is 1. The zero-order valence-corrected chi connectivity index (χ0v) is 20.1. The van der Waals surface area contributed by atoms with Crippen molar-refractivity contribution in [3.05, 3.63) is 57.9 Å². The van der Waals surface area contributed by atoms with Crippen molar-refractivity contribution < 1.29 is 9.90 Å². The van der Waals surface area contributed by atoms with Gasteiger partial charge in [-0.15, -0.1) is 0 Å². The number of benzene rings is 1. The lowest BCUT2D eigenvalue weighted by molar-refractivity contribution is -0.0706. The molecule has 0 radical (unpaired) electrons. The van der Waals surface area contributed by atoms with Crippen LogP contribution < -0.4 is 5.32 Å². The third kappa shape index (κ3) is 3.61. The van der Waals surface area contributed by atoms with Gasteiger partial charge in [0.25, 0.3) is 0 Å². The molecule has 4 aliphatic carbocycles. The maximum atomic E-state index is 12.3. The number of nitrogens with zero attached hydrogens (tertiary/aromatic N) is 1. The minimum atomic E-state index is -0.812. The second-order valence-electron chi connectivity index (χ2n) is 11.2. The lowest BCUT2D eigenvalue weighted by Gasteiger charge is -2.59. The number of rotatable bonds is 7. The van der Waals surface area contributed by atoms with E-state index in [4.69, 9.17) is 0 Å². The molecule has 4 nitrogen and oxygen atoms in total. The van der Waals surface area contributed by atoms with Crippen molar-refractivity contribution in [2.24, 2.45) is 23.2 Å². The summed E-state index contributed by atoms with van der Waals surface area (Å²) >= 11 is 0. The van der Waals surface area contributed by atoms with E-state index < -0.39 is 5.97 Å². The van der Waals surface area contributed by atoms with Crippen LogP contribution in [0, 0.1) is 43.9 Å². The zero-order chi connectivity index (χ0) is 22.6. The summed E-state index contributed by atoms with van der Waals surface area (Å²) in [5.74, 6) is 1.98. The molecule has 1 atom stereocenters. The highest BCUT2D eigenvalue weighted by Gasteiger charge is 2.53. The number of aromatic carboxylic acids is 1. The molecule has 2 aromatic rings. The van der Waals surface area contributed by atoms with E-state index >= 15 is 0 Å². The molecule has 4 aliphatic rings. The summed E-state index contributed by atoms with van der Waals surface area (Å²) in [5, 5.41) is 13.9. The van der Waals surface area contributed by atoms with Gasteiger partial charge in [0.15, 0.2) is 0 Å². The summed E-state index contributed by atoms with van der Waals surface area (Å²) in [6.07, 6.45) is 8.46. The second kappa shape index (κ2) is 8.06. The fourth-order valence-corrected chi connectivity index (χ4v) is 7.82. The first-order valence-electron chi connectivity index (χ1n) is 12.5. The normalized spacial score (nSPS) is 29.4. The van der Waals surface area contributed by atoms with Gasteiger partial charge in [-0.05, 0) is 101 Å². The molecule has 4 heteroatoms. The molecule has 6 rings (SSSR count). The summed E-state index contributed by atoms with van der Waals surface area (Å²) in [6, 6.07) is 8.80. The van der Waals surface area contributed by atoms with Gasteiger partial charge in [-0.25, -0.2) is 4.79 Å². The fourth-order valence-electron chi connectivity index (χ4n) is 7.82. The molecular weight excluding hydrogens is 396 g/mol. The van der Waals surface area contributed by atoms with Gasteiger partial charge in [0.1, 0.15) is 0 Å². The van der Waals surface area contributed by atoms with Gasteiger partial charge in [0.05, 0.1) is 5.56 Å². The average Bonchev–Trinajstić information content (AvgIpc) is 2.96. The number of carboxylic acids is 1. The van der Waals surface area contributed by atoms with Crippen LogP contribution in [0.25, 0.3) is 0 Å². The van der Waals surface area contributed by atoms with Crippen LogP contribution in [0.3, 0.4) is 0 Å². The van der Waals surface area contributed by atoms with Crippen LogP contribution in [-0.2, 0) is 13.1 Å². The number of carboxylic acid groups (broad SMARTS) is 1. The summed E-state index contributed by atoms with van der Waals surface area (Å²) in [7, 11) is 0. The van der Waals surface area contributed by atoms with Crippen molar-refractivity contribution >= 4 is 5.97 Å². The molecule has 1 unspecified atom stereocenters. The summed E-state index contributed by atoms with van der Waals surface area (Å²) in [5.41, 5.74) is 6.29. The SMILES string of the molecule is Cc1ccccc1Cn1c(C)c(CNC(C)C23CC4CC(CC(C4)C2)C3)c(C(=O)O)c1C. The molecule has 32 heavy (non-hydrogen) atoms. The van der Waals surface area contributed by atoms with Gasteiger partial charge < -0.3 is 15.0 Å². The number of nitrogens with one attached hydrogen (secondary N) is 1. The first-order valence-corrected chi connectivity index (χ1v) is 12.5. The smallest absolute Gasteiger partial charge is 0.337 e. The lowest BCUT2D eigenvalue weighted by atomic mass is 9.48. The maximum absolute atomic E-state index is 12.3. The van der Waals surface area contributed by atoms with Crippen molar-refractivity contribution in [2.75, 3.05) is 0 Å². The van der Waals surface area contributed by atoms with Gasteiger partial charge in [-0.3, -0.25) is 0 Å². The molecule has 0 spiro atoms. The number of carbonyl (C=O) groups is 1. The molecule has 0 aliphatic heterocycles. The summed E-state index contributed by atoms with van der Waals surface area (Å²) in [4.78, 5) is 12.3. The predicted molar refractivity (Wildman–Crippen MR) is 128 cm³/mol. The van der Waals surface area contributed by atoms with Gasteiger partial charge >= 0.3 is 5.97 Å². The van der Waals surface area contributed by atoms with E-state index in [1.165, 1.54) is 49.7 Å². The number of hydrogen-bond acceptors (Lipinski definition) is 2. The quantitative estimate of drug-likeness (QED) is 0.574. The van der Waals surface area contributed by atoms with Crippen LogP contribution in [0.15, 0.2) is 24.3 Å². The molecule has 2 N–H and O–H groups in total. The fraction of sp³-hybridized carbons (Fsp3) is 0.607. The number of aryl methyl sites for hydroxylation is 1. The Morgan fingerprint density at radius 3 is 2.22 bits per heavy atom. The van der Waals surface area contributed by atoms with Gasteiger partial charge in [0, 0.05) is 36.1 Å². The van der Waals surface area contributed by atoms with Crippen molar-refractivity contribution in [3.8, 4) is 0 Å². The van der Waals surface area contributed by atoms with Crippen LogP contribution in [0.1, 0.15) is 83.9 Å². The zero-order valence-electron chi connectivity index (χ0n) is 20.1. The molecule has 1 aromatic carbocycles. The Labute approximate surface area is 192 Å². The Kier molecular flexibility index (Phi) is 5.48. The minimum Gasteiger partial charge on any atom is -0.478 e. The van der Waals surface area contributed by atoms with Crippen molar-refractivity contribution in [1.29, 1.82) is 0 Å². The molecular formula is C28H38N2O2. The van der Waals surface area contributed by atoms with Crippen LogP contribution in [0.2, 0.25) is 0 Å². The van der Waals surface area contributed by atoms with E-state index in [1.807, 2.05) is 6.92 Å². The molecule has 1 aromatic heterocycles. The highest BCUT2D eigenvalue weighted by molar-refractivity contribution is 5.91. The van der Waals surface area contributed by atoms with E-state index in [1.54, 1.807) is 0 Å².